The van der Waals surface area contributed by atoms with Crippen molar-refractivity contribution in [2.45, 2.75) is 6.18 Å². The summed E-state index contributed by atoms with van der Waals surface area (Å²) in [5.41, 5.74) is -3.01. The van der Waals surface area contributed by atoms with Gasteiger partial charge in [-0.3, -0.25) is 0 Å². The van der Waals surface area contributed by atoms with Gasteiger partial charge in [0.25, 0.3) is 0 Å². The van der Waals surface area contributed by atoms with Crippen molar-refractivity contribution in [1.82, 2.24) is 0 Å². The van der Waals surface area contributed by atoms with E-state index in [1.807, 2.05) is 0 Å². The summed E-state index contributed by atoms with van der Waals surface area (Å²) in [4.78, 5) is 0. The monoisotopic (exact) mass is 372 g/mol. The van der Waals surface area contributed by atoms with Crippen molar-refractivity contribution in [3.8, 4) is 11.1 Å². The van der Waals surface area contributed by atoms with E-state index in [0.29, 0.717) is 12.1 Å². The number of hydrogen-bond acceptors (Lipinski definition) is 0. The molecular formula is C13H4BrF7. The van der Waals surface area contributed by atoms with Gasteiger partial charge in [0, 0.05) is 0 Å². The third-order valence-electron chi connectivity index (χ3n) is 2.64. The molecule has 0 saturated heterocycles. The summed E-state index contributed by atoms with van der Waals surface area (Å²) in [5.74, 6) is -5.40. The molecule has 0 saturated carbocycles. The Morgan fingerprint density at radius 1 is 0.714 bits per heavy atom. The molecule has 0 fully saturated rings. The number of benzene rings is 2. The molecule has 0 radical (unpaired) electrons. The minimum Gasteiger partial charge on any atom is -0.206 e. The van der Waals surface area contributed by atoms with E-state index in [-0.39, 0.29) is 12.1 Å². The average Bonchev–Trinajstić information content (AvgIpc) is 2.33. The minimum atomic E-state index is -4.93. The van der Waals surface area contributed by atoms with Crippen molar-refractivity contribution in [1.29, 1.82) is 0 Å². The third kappa shape index (κ3) is 3.04. The van der Waals surface area contributed by atoms with E-state index in [0.717, 1.165) is 0 Å². The lowest BCUT2D eigenvalue weighted by molar-refractivity contribution is -0.137. The molecule has 0 aromatic heterocycles. The lowest BCUT2D eigenvalue weighted by Gasteiger charge is -2.11. The van der Waals surface area contributed by atoms with Crippen LogP contribution in [0, 0.1) is 23.3 Å². The molecule has 0 atom stereocenters. The normalized spacial score (nSPS) is 11.8. The largest absolute Gasteiger partial charge is 0.416 e. The molecular weight excluding hydrogens is 369 g/mol. The molecule has 0 aliphatic heterocycles. The molecule has 0 N–H and O–H groups in total. The molecule has 2 rings (SSSR count). The summed E-state index contributed by atoms with van der Waals surface area (Å²) in [6.07, 6.45) is -4.93. The van der Waals surface area contributed by atoms with Gasteiger partial charge in [0.1, 0.15) is 23.3 Å². The highest BCUT2D eigenvalue weighted by Gasteiger charge is 2.33. The van der Waals surface area contributed by atoms with Crippen LogP contribution in [0.2, 0.25) is 0 Å². The highest BCUT2D eigenvalue weighted by Crippen LogP contribution is 2.36. The Morgan fingerprint density at radius 2 is 1.14 bits per heavy atom. The first kappa shape index (κ1) is 15.8. The maximum Gasteiger partial charge on any atom is 0.416 e. The minimum absolute atomic E-state index is 0.0657. The molecule has 21 heavy (non-hydrogen) atoms. The van der Waals surface area contributed by atoms with Gasteiger partial charge in [-0.25, -0.2) is 17.6 Å². The van der Waals surface area contributed by atoms with Gasteiger partial charge in [0.2, 0.25) is 0 Å². The van der Waals surface area contributed by atoms with E-state index in [4.69, 9.17) is 0 Å². The predicted octanol–water partition coefficient (Wildman–Crippen LogP) is 5.69. The van der Waals surface area contributed by atoms with Crippen LogP contribution in [0.4, 0.5) is 30.7 Å². The Labute approximate surface area is 122 Å². The SMILES string of the molecule is Fc1cc(-c2c(F)cc(C(F)(F)F)cc2F)cc(F)c1Br. The van der Waals surface area contributed by atoms with Crippen LogP contribution >= 0.6 is 15.9 Å². The van der Waals surface area contributed by atoms with Crippen molar-refractivity contribution in [2.75, 3.05) is 0 Å². The van der Waals surface area contributed by atoms with Gasteiger partial charge in [-0.1, -0.05) is 0 Å². The summed E-state index contributed by atoms with van der Waals surface area (Å²) < 4.78 is 90.7. The van der Waals surface area contributed by atoms with Crippen LogP contribution in [-0.2, 0) is 6.18 Å². The van der Waals surface area contributed by atoms with Gasteiger partial charge in [0.05, 0.1) is 15.6 Å². The van der Waals surface area contributed by atoms with Crippen LogP contribution in [0.1, 0.15) is 5.56 Å². The van der Waals surface area contributed by atoms with Crippen LogP contribution in [0.25, 0.3) is 11.1 Å². The predicted molar refractivity (Wildman–Crippen MR) is 64.4 cm³/mol. The second kappa shape index (κ2) is 5.32. The molecule has 112 valence electrons. The lowest BCUT2D eigenvalue weighted by Crippen LogP contribution is -2.07. The van der Waals surface area contributed by atoms with Crippen LogP contribution in [0.15, 0.2) is 28.7 Å². The Morgan fingerprint density at radius 3 is 1.52 bits per heavy atom. The van der Waals surface area contributed by atoms with Crippen molar-refractivity contribution in [3.63, 3.8) is 0 Å². The maximum atomic E-state index is 13.7. The fourth-order valence-corrected chi connectivity index (χ4v) is 1.94. The standard InChI is InChI=1S/C13H4BrF7/c14-12-9(17)1-5(2-10(12)18)11-7(15)3-6(4-8(11)16)13(19,20)21/h1-4H. The summed E-state index contributed by atoms with van der Waals surface area (Å²) in [6, 6.07) is 1.36. The third-order valence-corrected chi connectivity index (χ3v) is 3.40. The van der Waals surface area contributed by atoms with Crippen molar-refractivity contribution in [2.24, 2.45) is 0 Å². The van der Waals surface area contributed by atoms with Gasteiger partial charge >= 0.3 is 6.18 Å². The van der Waals surface area contributed by atoms with E-state index >= 15 is 0 Å². The first-order chi connectivity index (χ1) is 9.61. The zero-order valence-electron chi connectivity index (χ0n) is 9.83. The van der Waals surface area contributed by atoms with Gasteiger partial charge in [0.15, 0.2) is 0 Å². The lowest BCUT2D eigenvalue weighted by atomic mass is 10.0. The number of halogens is 8. The van der Waals surface area contributed by atoms with E-state index < -0.39 is 50.6 Å². The average molecular weight is 373 g/mol. The first-order valence-corrected chi connectivity index (χ1v) is 6.11. The van der Waals surface area contributed by atoms with Crippen LogP contribution in [-0.4, -0.2) is 0 Å². The van der Waals surface area contributed by atoms with Gasteiger partial charge in [-0.05, 0) is 45.8 Å². The maximum absolute atomic E-state index is 13.7. The van der Waals surface area contributed by atoms with Crippen LogP contribution in [0.5, 0.6) is 0 Å². The number of alkyl halides is 3. The molecule has 0 heterocycles. The summed E-state index contributed by atoms with van der Waals surface area (Å²) in [7, 11) is 0. The highest BCUT2D eigenvalue weighted by molar-refractivity contribution is 9.10. The number of hydrogen-bond donors (Lipinski definition) is 0. The Kier molecular flexibility index (Phi) is 4.01. The second-order valence-corrected chi connectivity index (χ2v) is 4.86. The number of rotatable bonds is 1. The molecule has 0 aliphatic rings. The molecule has 2 aromatic carbocycles. The molecule has 0 amide bonds. The summed E-state index contributed by atoms with van der Waals surface area (Å²) in [5, 5.41) is 0. The zero-order valence-corrected chi connectivity index (χ0v) is 11.4. The van der Waals surface area contributed by atoms with Gasteiger partial charge in [-0.15, -0.1) is 0 Å². The summed E-state index contributed by atoms with van der Waals surface area (Å²) in [6.45, 7) is 0. The van der Waals surface area contributed by atoms with Gasteiger partial charge < -0.3 is 0 Å². The zero-order chi connectivity index (χ0) is 15.9. The summed E-state index contributed by atoms with van der Waals surface area (Å²) >= 11 is 2.57. The Hall–Kier alpha value is -1.57. The van der Waals surface area contributed by atoms with E-state index in [2.05, 4.69) is 15.9 Å². The quantitative estimate of drug-likeness (QED) is 0.445. The molecule has 0 unspecified atom stereocenters. The van der Waals surface area contributed by atoms with Crippen molar-refractivity contribution < 1.29 is 30.7 Å². The molecule has 2 aromatic rings. The van der Waals surface area contributed by atoms with Crippen LogP contribution < -0.4 is 0 Å². The van der Waals surface area contributed by atoms with Crippen molar-refractivity contribution >= 4 is 15.9 Å². The Bertz CT molecular complexity index is 660. The fraction of sp³-hybridized carbons (Fsp3) is 0.0769. The molecule has 0 nitrogen and oxygen atoms in total. The van der Waals surface area contributed by atoms with Gasteiger partial charge in [-0.2, -0.15) is 13.2 Å². The smallest absolute Gasteiger partial charge is 0.206 e. The topological polar surface area (TPSA) is 0 Å². The second-order valence-electron chi connectivity index (χ2n) is 4.07. The first-order valence-electron chi connectivity index (χ1n) is 5.32. The van der Waals surface area contributed by atoms with Crippen molar-refractivity contribution in [3.05, 3.63) is 57.6 Å². The van der Waals surface area contributed by atoms with E-state index in [1.165, 1.54) is 0 Å². The molecule has 0 bridgehead atoms. The molecule has 0 spiro atoms. The molecule has 0 aliphatic carbocycles. The fourth-order valence-electron chi connectivity index (χ4n) is 1.71. The van der Waals surface area contributed by atoms with E-state index in [9.17, 15) is 30.7 Å². The Balaban J connectivity index is 2.66. The van der Waals surface area contributed by atoms with E-state index in [1.54, 1.807) is 0 Å². The highest BCUT2D eigenvalue weighted by atomic mass is 79.9. The molecule has 8 heteroatoms. The van der Waals surface area contributed by atoms with Crippen LogP contribution in [0.3, 0.4) is 0 Å².